The Morgan fingerprint density at radius 1 is 1.20 bits per heavy atom. The molecule has 2 aliphatic rings. The van der Waals surface area contributed by atoms with Gasteiger partial charge in [-0.25, -0.2) is 8.42 Å². The fourth-order valence-electron chi connectivity index (χ4n) is 2.92. The Labute approximate surface area is 145 Å². The Morgan fingerprint density at radius 3 is 2.84 bits per heavy atom. The van der Waals surface area contributed by atoms with E-state index in [1.54, 1.807) is 16.9 Å². The highest BCUT2D eigenvalue weighted by Gasteiger charge is 2.21. The zero-order valence-electron chi connectivity index (χ0n) is 13.6. The Hall–Kier alpha value is -2.26. The average molecular weight is 365 g/mol. The lowest BCUT2D eigenvalue weighted by atomic mass is 10.2. The van der Waals surface area contributed by atoms with Crippen molar-refractivity contribution < 1.29 is 22.6 Å². The van der Waals surface area contributed by atoms with Crippen LogP contribution in [0.15, 0.2) is 35.5 Å². The molecule has 0 saturated carbocycles. The lowest BCUT2D eigenvalue weighted by Gasteiger charge is -2.18. The van der Waals surface area contributed by atoms with E-state index in [0.717, 1.165) is 19.4 Å². The molecule has 0 aliphatic carbocycles. The van der Waals surface area contributed by atoms with Crippen molar-refractivity contribution in [2.75, 3.05) is 24.5 Å². The zero-order chi connectivity index (χ0) is 17.3. The highest BCUT2D eigenvalue weighted by Crippen LogP contribution is 2.32. The first-order valence-electron chi connectivity index (χ1n) is 8.17. The van der Waals surface area contributed by atoms with Gasteiger partial charge in [-0.15, -0.1) is 0 Å². The van der Waals surface area contributed by atoms with Crippen molar-refractivity contribution >= 4 is 15.7 Å². The predicted molar refractivity (Wildman–Crippen MR) is 89.4 cm³/mol. The van der Waals surface area contributed by atoms with Crippen LogP contribution in [0.5, 0.6) is 11.5 Å². The van der Waals surface area contributed by atoms with Crippen molar-refractivity contribution in [2.24, 2.45) is 0 Å². The number of fused-ring (bicyclic) bond motifs is 1. The molecule has 0 spiro atoms. The largest absolute Gasteiger partial charge is 0.486 e. The smallest absolute Gasteiger partial charge is 0.262 e. The average Bonchev–Trinajstić information content (AvgIpc) is 3.27. The van der Waals surface area contributed by atoms with Crippen molar-refractivity contribution in [3.63, 3.8) is 0 Å². The number of rotatable bonds is 5. The van der Waals surface area contributed by atoms with Gasteiger partial charge in [-0.2, -0.15) is 5.10 Å². The minimum atomic E-state index is -3.73. The molecule has 3 heterocycles. The molecule has 134 valence electrons. The monoisotopic (exact) mass is 365 g/mol. The number of anilines is 1. The molecule has 1 fully saturated rings. The molecule has 4 rings (SSSR count). The Bertz CT molecular complexity index is 858. The van der Waals surface area contributed by atoms with Gasteiger partial charge in [0.15, 0.2) is 11.5 Å². The third kappa shape index (κ3) is 3.57. The molecule has 2 aromatic rings. The van der Waals surface area contributed by atoms with E-state index in [0.29, 0.717) is 36.9 Å². The van der Waals surface area contributed by atoms with Gasteiger partial charge in [-0.3, -0.25) is 9.40 Å². The van der Waals surface area contributed by atoms with Crippen LogP contribution in [0, 0.1) is 0 Å². The molecule has 0 bridgehead atoms. The number of sulfonamides is 1. The minimum absolute atomic E-state index is 0.114. The maximum Gasteiger partial charge on any atom is 0.262 e. The molecule has 1 saturated heterocycles. The molecule has 1 aromatic carbocycles. The summed E-state index contributed by atoms with van der Waals surface area (Å²) in [5.74, 6) is 0.984. The van der Waals surface area contributed by atoms with Gasteiger partial charge in [0, 0.05) is 18.9 Å². The SMILES string of the molecule is O=S(=O)(Nc1cnn(C[C@H]2CCCO2)c1)c1ccc2c(c1)OCCO2. The number of nitrogens with one attached hydrogen (secondary N) is 1. The molecule has 0 radical (unpaired) electrons. The van der Waals surface area contributed by atoms with Crippen LogP contribution in [0.2, 0.25) is 0 Å². The van der Waals surface area contributed by atoms with Crippen molar-refractivity contribution in [1.82, 2.24) is 9.78 Å². The topological polar surface area (TPSA) is 91.7 Å². The molecule has 1 aromatic heterocycles. The van der Waals surface area contributed by atoms with E-state index in [4.69, 9.17) is 14.2 Å². The van der Waals surface area contributed by atoms with Crippen LogP contribution in [0.1, 0.15) is 12.8 Å². The van der Waals surface area contributed by atoms with Crippen LogP contribution in [0.25, 0.3) is 0 Å². The number of benzene rings is 1. The van der Waals surface area contributed by atoms with Crippen molar-refractivity contribution in [3.05, 3.63) is 30.6 Å². The summed E-state index contributed by atoms with van der Waals surface area (Å²) in [5, 5.41) is 4.19. The van der Waals surface area contributed by atoms with E-state index in [-0.39, 0.29) is 11.0 Å². The molecule has 8 nitrogen and oxygen atoms in total. The molecular weight excluding hydrogens is 346 g/mol. The highest BCUT2D eigenvalue weighted by molar-refractivity contribution is 7.92. The number of aromatic nitrogens is 2. The molecular formula is C16H19N3O5S. The quantitative estimate of drug-likeness (QED) is 0.866. The minimum Gasteiger partial charge on any atom is -0.486 e. The second kappa shape index (κ2) is 6.57. The van der Waals surface area contributed by atoms with Gasteiger partial charge in [0.2, 0.25) is 0 Å². The summed E-state index contributed by atoms with van der Waals surface area (Å²) in [5.41, 5.74) is 0.410. The third-order valence-electron chi connectivity index (χ3n) is 4.12. The van der Waals surface area contributed by atoms with Gasteiger partial charge in [0.25, 0.3) is 10.0 Å². The van der Waals surface area contributed by atoms with Crippen LogP contribution >= 0.6 is 0 Å². The second-order valence-corrected chi connectivity index (χ2v) is 7.68. The maximum atomic E-state index is 12.6. The van der Waals surface area contributed by atoms with Gasteiger partial charge in [0.05, 0.1) is 29.4 Å². The molecule has 25 heavy (non-hydrogen) atoms. The summed E-state index contributed by atoms with van der Waals surface area (Å²) in [7, 11) is -3.73. The van der Waals surface area contributed by atoms with E-state index < -0.39 is 10.0 Å². The van der Waals surface area contributed by atoms with E-state index in [1.807, 2.05) is 0 Å². The normalized spacial score (nSPS) is 19.8. The fourth-order valence-corrected chi connectivity index (χ4v) is 3.96. The maximum absolute atomic E-state index is 12.6. The number of ether oxygens (including phenoxy) is 3. The fraction of sp³-hybridized carbons (Fsp3) is 0.438. The van der Waals surface area contributed by atoms with Crippen LogP contribution < -0.4 is 14.2 Å². The molecule has 0 unspecified atom stereocenters. The summed E-state index contributed by atoms with van der Waals surface area (Å²) < 4.78 is 45.8. The predicted octanol–water partition coefficient (Wildman–Crippen LogP) is 1.63. The van der Waals surface area contributed by atoms with E-state index >= 15 is 0 Å². The number of hydrogen-bond acceptors (Lipinski definition) is 6. The highest BCUT2D eigenvalue weighted by atomic mass is 32.2. The lowest BCUT2D eigenvalue weighted by Crippen LogP contribution is -2.17. The standard InChI is InChI=1S/C16H19N3O5S/c20-25(21,14-3-4-15-16(8-14)24-7-6-23-15)18-12-9-17-19(10-12)11-13-2-1-5-22-13/h3-4,8-10,13,18H,1-2,5-7,11H2/t13-/m1/s1. The molecule has 2 aliphatic heterocycles. The van der Waals surface area contributed by atoms with Crippen molar-refractivity contribution in [1.29, 1.82) is 0 Å². The Balaban J connectivity index is 1.48. The van der Waals surface area contributed by atoms with Gasteiger partial charge in [0.1, 0.15) is 13.2 Å². The lowest BCUT2D eigenvalue weighted by molar-refractivity contribution is 0.0940. The Morgan fingerprint density at radius 2 is 2.04 bits per heavy atom. The van der Waals surface area contributed by atoms with Gasteiger partial charge in [-0.1, -0.05) is 0 Å². The summed E-state index contributed by atoms with van der Waals surface area (Å²) in [6.45, 7) is 2.25. The van der Waals surface area contributed by atoms with E-state index in [2.05, 4.69) is 9.82 Å². The third-order valence-corrected chi connectivity index (χ3v) is 5.50. The van der Waals surface area contributed by atoms with Crippen LogP contribution in [0.3, 0.4) is 0 Å². The molecule has 0 amide bonds. The van der Waals surface area contributed by atoms with Gasteiger partial charge < -0.3 is 14.2 Å². The number of hydrogen-bond donors (Lipinski definition) is 1. The van der Waals surface area contributed by atoms with E-state index in [9.17, 15) is 8.42 Å². The van der Waals surface area contributed by atoms with Crippen LogP contribution in [-0.2, 0) is 21.3 Å². The first kappa shape index (κ1) is 16.2. The summed E-state index contributed by atoms with van der Waals surface area (Å²) in [6, 6.07) is 4.56. The summed E-state index contributed by atoms with van der Waals surface area (Å²) in [4.78, 5) is 0.114. The van der Waals surface area contributed by atoms with Crippen molar-refractivity contribution in [3.8, 4) is 11.5 Å². The van der Waals surface area contributed by atoms with Crippen LogP contribution in [0.4, 0.5) is 5.69 Å². The van der Waals surface area contributed by atoms with E-state index in [1.165, 1.54) is 18.3 Å². The first-order valence-corrected chi connectivity index (χ1v) is 9.65. The molecule has 9 heteroatoms. The summed E-state index contributed by atoms with van der Waals surface area (Å²) in [6.07, 6.45) is 5.34. The zero-order valence-corrected chi connectivity index (χ0v) is 14.4. The van der Waals surface area contributed by atoms with Crippen LogP contribution in [-0.4, -0.2) is 44.1 Å². The number of nitrogens with zero attached hydrogens (tertiary/aromatic N) is 2. The van der Waals surface area contributed by atoms with Gasteiger partial charge in [-0.05, 0) is 25.0 Å². The summed E-state index contributed by atoms with van der Waals surface area (Å²) >= 11 is 0. The van der Waals surface area contributed by atoms with Crippen molar-refractivity contribution in [2.45, 2.75) is 30.4 Å². The molecule has 1 atom stereocenters. The van der Waals surface area contributed by atoms with Gasteiger partial charge >= 0.3 is 0 Å². The second-order valence-electron chi connectivity index (χ2n) is 6.00. The first-order chi connectivity index (χ1) is 12.1. The Kier molecular flexibility index (Phi) is 4.26. The molecule has 1 N–H and O–H groups in total.